The van der Waals surface area contributed by atoms with Crippen LogP contribution in [0.15, 0.2) is 206 Å². The first-order valence-corrected chi connectivity index (χ1v) is 20.6. The van der Waals surface area contributed by atoms with Gasteiger partial charge in [0.15, 0.2) is 8.07 Å². The van der Waals surface area contributed by atoms with Gasteiger partial charge in [0, 0.05) is 28.0 Å². The van der Waals surface area contributed by atoms with E-state index in [4.69, 9.17) is 4.98 Å². The highest BCUT2D eigenvalue weighted by molar-refractivity contribution is 7.23. The molecule has 3 heteroatoms. The van der Waals surface area contributed by atoms with Gasteiger partial charge < -0.3 is 4.57 Å². The van der Waals surface area contributed by atoms with Crippen molar-refractivity contribution >= 4 is 61.5 Å². The molecule has 0 atom stereocenters. The van der Waals surface area contributed by atoms with Gasteiger partial charge >= 0.3 is 0 Å². The van der Waals surface area contributed by atoms with Crippen LogP contribution in [0, 0.1) is 0 Å². The van der Waals surface area contributed by atoms with Gasteiger partial charge in [-0.2, -0.15) is 0 Å². The summed E-state index contributed by atoms with van der Waals surface area (Å²) in [6.07, 6.45) is 2.15. The van der Waals surface area contributed by atoms with Crippen LogP contribution in [0.3, 0.4) is 0 Å². The van der Waals surface area contributed by atoms with Crippen LogP contribution in [0.5, 0.6) is 0 Å². The fraction of sp³-hybridized carbons (Fsp3) is 0. The summed E-state index contributed by atoms with van der Waals surface area (Å²) in [5.41, 5.74) is 12.0. The second kappa shape index (κ2) is 12.1. The fourth-order valence-electron chi connectivity index (χ4n) is 9.24. The summed E-state index contributed by atoms with van der Waals surface area (Å²) < 4.78 is 2.50. The van der Waals surface area contributed by atoms with Crippen molar-refractivity contribution < 1.29 is 0 Å². The molecule has 54 heavy (non-hydrogen) atoms. The lowest BCUT2D eigenvalue weighted by molar-refractivity contribution is 1.19. The fourth-order valence-corrected chi connectivity index (χ4v) is 14.6. The second-order valence-electron chi connectivity index (χ2n) is 14.3. The van der Waals surface area contributed by atoms with Crippen molar-refractivity contribution in [2.75, 3.05) is 0 Å². The third-order valence-corrected chi connectivity index (χ3v) is 16.4. The van der Waals surface area contributed by atoms with Gasteiger partial charge in [-0.05, 0) is 78.4 Å². The van der Waals surface area contributed by atoms with Crippen LogP contribution >= 0.6 is 0 Å². The van der Waals surface area contributed by atoms with Crippen LogP contribution in [0.1, 0.15) is 0 Å². The van der Waals surface area contributed by atoms with Gasteiger partial charge in [0.1, 0.15) is 0 Å². The number of hydrogen-bond acceptors (Lipinski definition) is 1. The molecule has 0 unspecified atom stereocenters. The summed E-state index contributed by atoms with van der Waals surface area (Å²) in [4.78, 5) is 5.52. The quantitative estimate of drug-likeness (QED) is 0.163. The first-order chi connectivity index (χ1) is 26.8. The van der Waals surface area contributed by atoms with E-state index in [9.17, 15) is 0 Å². The van der Waals surface area contributed by atoms with E-state index in [2.05, 4.69) is 211 Å². The molecule has 10 aromatic rings. The largest absolute Gasteiger partial charge is 0.308 e. The van der Waals surface area contributed by atoms with Crippen molar-refractivity contribution in [1.29, 1.82) is 0 Å². The first-order valence-electron chi connectivity index (χ1n) is 18.6. The smallest absolute Gasteiger partial charge is 0.183 e. The SMILES string of the molecule is c1ccc(-c2cc(-c3ccccc3)cc(-n3c4ccccc4c4cnc5c6c(ccc5c43)-c3ccccc3[Si]6(c3ccccc3)c3ccccc3)c2)cc1. The molecule has 0 N–H and O–H groups in total. The number of benzene rings is 8. The molecule has 8 aromatic carbocycles. The Morgan fingerprint density at radius 3 is 1.61 bits per heavy atom. The van der Waals surface area contributed by atoms with Crippen molar-refractivity contribution in [2.45, 2.75) is 0 Å². The van der Waals surface area contributed by atoms with Gasteiger partial charge in [0.05, 0.1) is 16.6 Å². The molecule has 2 aromatic heterocycles. The van der Waals surface area contributed by atoms with Crippen LogP contribution in [0.4, 0.5) is 0 Å². The summed E-state index contributed by atoms with van der Waals surface area (Å²) in [7, 11) is -2.79. The number of pyridine rings is 1. The van der Waals surface area contributed by atoms with Crippen molar-refractivity contribution in [2.24, 2.45) is 0 Å². The lowest BCUT2D eigenvalue weighted by Gasteiger charge is -2.31. The summed E-state index contributed by atoms with van der Waals surface area (Å²) >= 11 is 0. The Morgan fingerprint density at radius 2 is 0.963 bits per heavy atom. The maximum Gasteiger partial charge on any atom is 0.183 e. The Labute approximate surface area is 315 Å². The Morgan fingerprint density at radius 1 is 0.407 bits per heavy atom. The van der Waals surface area contributed by atoms with E-state index < -0.39 is 8.07 Å². The minimum atomic E-state index is -2.79. The van der Waals surface area contributed by atoms with Crippen LogP contribution in [-0.4, -0.2) is 17.6 Å². The molecule has 11 rings (SSSR count). The van der Waals surface area contributed by atoms with Gasteiger partial charge in [-0.15, -0.1) is 0 Å². The number of fused-ring (bicyclic) bond motifs is 9. The number of para-hydroxylation sites is 1. The minimum Gasteiger partial charge on any atom is -0.308 e. The molecule has 0 fully saturated rings. The topological polar surface area (TPSA) is 17.8 Å². The van der Waals surface area contributed by atoms with Crippen LogP contribution in [0.25, 0.3) is 71.8 Å². The van der Waals surface area contributed by atoms with Crippen molar-refractivity contribution in [3.8, 4) is 39.1 Å². The highest BCUT2D eigenvalue weighted by atomic mass is 28.3. The van der Waals surface area contributed by atoms with Gasteiger partial charge in [0.25, 0.3) is 0 Å². The number of nitrogens with zero attached hydrogens (tertiary/aromatic N) is 2. The summed E-state index contributed by atoms with van der Waals surface area (Å²) in [6, 6.07) is 73.6. The third-order valence-electron chi connectivity index (χ3n) is 11.5. The Balaban J connectivity index is 1.29. The maximum absolute atomic E-state index is 5.52. The Kier molecular flexibility index (Phi) is 6.91. The monoisotopic (exact) mass is 702 g/mol. The minimum absolute atomic E-state index is 1.09. The van der Waals surface area contributed by atoms with Gasteiger partial charge in [-0.3, -0.25) is 4.98 Å². The van der Waals surface area contributed by atoms with Crippen molar-refractivity contribution in [3.05, 3.63) is 206 Å². The predicted molar refractivity (Wildman–Crippen MR) is 230 cm³/mol. The number of hydrogen-bond donors (Lipinski definition) is 0. The molecule has 0 saturated heterocycles. The molecule has 0 radical (unpaired) electrons. The van der Waals surface area contributed by atoms with Crippen molar-refractivity contribution in [3.63, 3.8) is 0 Å². The van der Waals surface area contributed by atoms with Gasteiger partial charge in [-0.1, -0.05) is 176 Å². The van der Waals surface area contributed by atoms with Crippen LogP contribution in [0.2, 0.25) is 0 Å². The normalized spacial score (nSPS) is 13.0. The van der Waals surface area contributed by atoms with E-state index >= 15 is 0 Å². The maximum atomic E-state index is 5.52. The molecule has 3 heterocycles. The summed E-state index contributed by atoms with van der Waals surface area (Å²) in [6.45, 7) is 0. The molecule has 0 aliphatic carbocycles. The molecular formula is C51H34N2Si. The summed E-state index contributed by atoms with van der Waals surface area (Å²) in [5, 5.41) is 9.08. The molecule has 1 aliphatic heterocycles. The van der Waals surface area contributed by atoms with Crippen LogP contribution in [-0.2, 0) is 0 Å². The second-order valence-corrected chi connectivity index (χ2v) is 18.0. The Bertz CT molecular complexity index is 2930. The number of rotatable bonds is 5. The van der Waals surface area contributed by atoms with E-state index in [-0.39, 0.29) is 0 Å². The molecule has 1 aliphatic rings. The predicted octanol–water partition coefficient (Wildman–Crippen LogP) is 10.0. The van der Waals surface area contributed by atoms with Crippen molar-refractivity contribution in [1.82, 2.24) is 9.55 Å². The van der Waals surface area contributed by atoms with E-state index in [0.717, 1.165) is 16.6 Å². The molecule has 0 amide bonds. The zero-order valence-electron chi connectivity index (χ0n) is 29.5. The first kappa shape index (κ1) is 30.8. The molecule has 0 saturated carbocycles. The average Bonchev–Trinajstić information content (AvgIpc) is 3.76. The Hall–Kier alpha value is -6.81. The van der Waals surface area contributed by atoms with Gasteiger partial charge in [-0.25, -0.2) is 0 Å². The molecule has 0 bridgehead atoms. The highest BCUT2D eigenvalue weighted by Gasteiger charge is 2.50. The highest BCUT2D eigenvalue weighted by Crippen LogP contribution is 2.40. The van der Waals surface area contributed by atoms with Gasteiger partial charge in [0.2, 0.25) is 0 Å². The molecule has 2 nitrogen and oxygen atoms in total. The lowest BCUT2D eigenvalue weighted by atomic mass is 9.98. The van der Waals surface area contributed by atoms with E-state index in [0.29, 0.717) is 0 Å². The average molecular weight is 703 g/mol. The summed E-state index contributed by atoms with van der Waals surface area (Å²) in [5.74, 6) is 0. The lowest BCUT2D eigenvalue weighted by Crippen LogP contribution is -2.73. The molecule has 0 spiro atoms. The zero-order valence-corrected chi connectivity index (χ0v) is 30.5. The van der Waals surface area contributed by atoms with E-state index in [1.165, 1.54) is 75.9 Å². The van der Waals surface area contributed by atoms with Crippen LogP contribution < -0.4 is 20.7 Å². The zero-order chi connectivity index (χ0) is 35.6. The number of aromatic nitrogens is 2. The standard InChI is InChI=1S/C51H34N2Si/c1-5-17-35(18-6-1)37-31-38(36-19-7-2-8-20-36)33-39(32-37)53-47-27-15-13-25-42(47)46-34-52-49-45(50(46)53)30-29-44-43-26-14-16-28-48(43)54(51(44)49,40-21-9-3-10-22-40)41-23-11-4-12-24-41/h1-34H. The third kappa shape index (κ3) is 4.43. The van der Waals surface area contributed by atoms with E-state index in [1.807, 2.05) is 0 Å². The molecule has 252 valence electrons. The molecular weight excluding hydrogens is 669 g/mol. The van der Waals surface area contributed by atoms with E-state index in [1.54, 1.807) is 0 Å².